The van der Waals surface area contributed by atoms with Crippen molar-refractivity contribution in [1.82, 2.24) is 4.90 Å². The summed E-state index contributed by atoms with van der Waals surface area (Å²) >= 11 is 0. The van der Waals surface area contributed by atoms with E-state index < -0.39 is 0 Å². The van der Waals surface area contributed by atoms with E-state index in [-0.39, 0.29) is 41.7 Å². The summed E-state index contributed by atoms with van der Waals surface area (Å²) in [6.07, 6.45) is 0.892. The molecule has 1 heterocycles. The van der Waals surface area contributed by atoms with Crippen LogP contribution in [0.1, 0.15) is 34.1 Å². The lowest BCUT2D eigenvalue weighted by atomic mass is 9.79. The van der Waals surface area contributed by atoms with E-state index in [1.54, 1.807) is 18.2 Å². The van der Waals surface area contributed by atoms with Crippen LogP contribution in [0.25, 0.3) is 0 Å². The summed E-state index contributed by atoms with van der Waals surface area (Å²) < 4.78 is 0. The van der Waals surface area contributed by atoms with E-state index in [4.69, 9.17) is 5.73 Å². The van der Waals surface area contributed by atoms with E-state index in [9.17, 15) is 9.59 Å². The van der Waals surface area contributed by atoms with Crippen LogP contribution in [0, 0.1) is 5.41 Å². The zero-order chi connectivity index (χ0) is 17.9. The third-order valence-electron chi connectivity index (χ3n) is 4.72. The molecule has 4 N–H and O–H groups in total. The van der Waals surface area contributed by atoms with Gasteiger partial charge >= 0.3 is 0 Å². The Morgan fingerprint density at radius 3 is 2.44 bits per heavy atom. The maximum absolute atomic E-state index is 12.6. The van der Waals surface area contributed by atoms with Crippen LogP contribution < -0.4 is 16.4 Å². The lowest BCUT2D eigenvalue weighted by Gasteiger charge is -2.44. The maximum atomic E-state index is 12.6. The van der Waals surface area contributed by atoms with E-state index in [0.29, 0.717) is 11.4 Å². The first-order chi connectivity index (χ1) is 11.2. The highest BCUT2D eigenvalue weighted by atomic mass is 35.5. The highest BCUT2D eigenvalue weighted by Gasteiger charge is 2.36. The van der Waals surface area contributed by atoms with Gasteiger partial charge in [0.15, 0.2) is 0 Å². The number of nitrogens with zero attached hydrogens (tertiary/aromatic N) is 1. The van der Waals surface area contributed by atoms with Crippen LogP contribution in [0.5, 0.6) is 0 Å². The normalized spacial score (nSPS) is 20.9. The SMILES string of the molecule is CC(=O)Nc1cccc(NC(=O)C(C)N2CCC(N)C(C)(C)C2)c1.Cl. The fourth-order valence-corrected chi connectivity index (χ4v) is 3.04. The van der Waals surface area contributed by atoms with Gasteiger partial charge in [0.25, 0.3) is 0 Å². The highest BCUT2D eigenvalue weighted by molar-refractivity contribution is 5.96. The second-order valence-corrected chi connectivity index (χ2v) is 7.28. The Bertz CT molecular complexity index is 621. The standard InChI is InChI=1S/C18H28N4O2.ClH/c1-12(22-9-8-16(19)18(3,4)11-22)17(24)21-15-7-5-6-14(10-15)20-13(2)23;/h5-7,10,12,16H,8-9,11,19H2,1-4H3,(H,20,23)(H,21,24);1H. The average Bonchev–Trinajstić information content (AvgIpc) is 2.49. The van der Waals surface area contributed by atoms with Crippen LogP contribution in [0.4, 0.5) is 11.4 Å². The van der Waals surface area contributed by atoms with Crippen molar-refractivity contribution in [1.29, 1.82) is 0 Å². The van der Waals surface area contributed by atoms with Crippen LogP contribution in [0.3, 0.4) is 0 Å². The van der Waals surface area contributed by atoms with Gasteiger partial charge in [-0.3, -0.25) is 14.5 Å². The molecule has 0 saturated carbocycles. The number of carbonyl (C=O) groups excluding carboxylic acids is 2. The number of piperidine rings is 1. The summed E-state index contributed by atoms with van der Waals surface area (Å²) in [6, 6.07) is 7.08. The predicted octanol–water partition coefficient (Wildman–Crippen LogP) is 2.45. The van der Waals surface area contributed by atoms with Gasteiger partial charge in [-0.2, -0.15) is 0 Å². The Balaban J connectivity index is 0.00000312. The summed E-state index contributed by atoms with van der Waals surface area (Å²) in [4.78, 5) is 25.9. The van der Waals surface area contributed by atoms with Gasteiger partial charge in [0.1, 0.15) is 0 Å². The van der Waals surface area contributed by atoms with Gasteiger partial charge in [-0.05, 0) is 37.0 Å². The number of benzene rings is 1. The van der Waals surface area contributed by atoms with E-state index >= 15 is 0 Å². The van der Waals surface area contributed by atoms with E-state index in [1.165, 1.54) is 6.92 Å². The summed E-state index contributed by atoms with van der Waals surface area (Å²) in [5.41, 5.74) is 7.50. The molecular formula is C18H29ClN4O2. The first kappa shape index (κ1) is 21.4. The topological polar surface area (TPSA) is 87.5 Å². The van der Waals surface area contributed by atoms with Crippen LogP contribution in [0.2, 0.25) is 0 Å². The zero-order valence-electron chi connectivity index (χ0n) is 15.3. The molecule has 25 heavy (non-hydrogen) atoms. The second kappa shape index (κ2) is 8.65. The number of rotatable bonds is 4. The van der Waals surface area contributed by atoms with Crippen molar-refractivity contribution in [2.75, 3.05) is 23.7 Å². The summed E-state index contributed by atoms with van der Waals surface area (Å²) in [6.45, 7) is 9.28. The molecule has 2 unspecified atom stereocenters. The van der Waals surface area contributed by atoms with Crippen LogP contribution >= 0.6 is 12.4 Å². The fraction of sp³-hybridized carbons (Fsp3) is 0.556. The van der Waals surface area contributed by atoms with Gasteiger partial charge < -0.3 is 16.4 Å². The van der Waals surface area contributed by atoms with Crippen molar-refractivity contribution in [2.24, 2.45) is 11.1 Å². The van der Waals surface area contributed by atoms with Crippen LogP contribution in [-0.4, -0.2) is 41.9 Å². The Hall–Kier alpha value is -1.63. The van der Waals surface area contributed by atoms with Crippen molar-refractivity contribution < 1.29 is 9.59 Å². The molecule has 1 aromatic rings. The second-order valence-electron chi connectivity index (χ2n) is 7.28. The number of hydrogen-bond acceptors (Lipinski definition) is 4. The van der Waals surface area contributed by atoms with Crippen molar-refractivity contribution >= 4 is 35.6 Å². The molecule has 6 nitrogen and oxygen atoms in total. The number of likely N-dealkylation sites (tertiary alicyclic amines) is 1. The zero-order valence-corrected chi connectivity index (χ0v) is 16.2. The van der Waals surface area contributed by atoms with E-state index in [2.05, 4.69) is 29.4 Å². The molecule has 140 valence electrons. The average molecular weight is 369 g/mol. The number of halogens is 1. The van der Waals surface area contributed by atoms with E-state index in [1.807, 2.05) is 13.0 Å². The van der Waals surface area contributed by atoms with E-state index in [0.717, 1.165) is 19.5 Å². The lowest BCUT2D eigenvalue weighted by molar-refractivity contribution is -0.122. The molecule has 1 aliphatic heterocycles. The van der Waals surface area contributed by atoms with Gasteiger partial charge in [0.2, 0.25) is 11.8 Å². The van der Waals surface area contributed by atoms with Gasteiger partial charge in [0, 0.05) is 37.4 Å². The number of anilines is 2. The van der Waals surface area contributed by atoms with Crippen molar-refractivity contribution in [3.8, 4) is 0 Å². The molecule has 2 amide bonds. The quantitative estimate of drug-likeness (QED) is 0.761. The number of carbonyl (C=O) groups is 2. The molecule has 0 aromatic heterocycles. The first-order valence-corrected chi connectivity index (χ1v) is 8.37. The third-order valence-corrected chi connectivity index (χ3v) is 4.72. The number of hydrogen-bond donors (Lipinski definition) is 3. The van der Waals surface area contributed by atoms with Crippen LogP contribution in [-0.2, 0) is 9.59 Å². The van der Waals surface area contributed by atoms with Gasteiger partial charge in [-0.1, -0.05) is 19.9 Å². The van der Waals surface area contributed by atoms with Crippen LogP contribution in [0.15, 0.2) is 24.3 Å². The molecule has 7 heteroatoms. The van der Waals surface area contributed by atoms with Gasteiger partial charge in [-0.15, -0.1) is 12.4 Å². The molecule has 0 spiro atoms. The highest BCUT2D eigenvalue weighted by Crippen LogP contribution is 2.29. The Kier molecular flexibility index (Phi) is 7.41. The Morgan fingerprint density at radius 1 is 1.28 bits per heavy atom. The Morgan fingerprint density at radius 2 is 1.88 bits per heavy atom. The molecule has 0 radical (unpaired) electrons. The van der Waals surface area contributed by atoms with Crippen molar-refractivity contribution in [3.63, 3.8) is 0 Å². The molecule has 1 aromatic carbocycles. The lowest BCUT2D eigenvalue weighted by Crippen LogP contribution is -2.56. The number of nitrogens with one attached hydrogen (secondary N) is 2. The predicted molar refractivity (Wildman–Crippen MR) is 104 cm³/mol. The van der Waals surface area contributed by atoms with Crippen molar-refractivity contribution in [2.45, 2.75) is 46.2 Å². The third kappa shape index (κ3) is 5.70. The van der Waals surface area contributed by atoms with Gasteiger partial charge in [0.05, 0.1) is 6.04 Å². The molecule has 1 aliphatic rings. The smallest absolute Gasteiger partial charge is 0.241 e. The van der Waals surface area contributed by atoms with Gasteiger partial charge in [-0.25, -0.2) is 0 Å². The largest absolute Gasteiger partial charge is 0.327 e. The summed E-state index contributed by atoms with van der Waals surface area (Å²) in [7, 11) is 0. The molecular weight excluding hydrogens is 340 g/mol. The minimum absolute atomic E-state index is 0. The summed E-state index contributed by atoms with van der Waals surface area (Å²) in [5.74, 6) is -0.194. The molecule has 2 atom stereocenters. The monoisotopic (exact) mass is 368 g/mol. The maximum Gasteiger partial charge on any atom is 0.241 e. The molecule has 1 fully saturated rings. The molecule has 0 bridgehead atoms. The molecule has 1 saturated heterocycles. The molecule has 0 aliphatic carbocycles. The molecule has 2 rings (SSSR count). The van der Waals surface area contributed by atoms with Crippen molar-refractivity contribution in [3.05, 3.63) is 24.3 Å². The summed E-state index contributed by atoms with van der Waals surface area (Å²) in [5, 5.41) is 5.64. The number of nitrogens with two attached hydrogens (primary N) is 1. The first-order valence-electron chi connectivity index (χ1n) is 8.37. The number of amides is 2. The minimum Gasteiger partial charge on any atom is -0.327 e. The Labute approximate surface area is 155 Å². The minimum atomic E-state index is -0.235. The fourth-order valence-electron chi connectivity index (χ4n) is 3.04.